The molecule has 102 valence electrons. The van der Waals surface area contributed by atoms with E-state index in [-0.39, 0.29) is 5.39 Å². The van der Waals surface area contributed by atoms with Gasteiger partial charge < -0.3 is 5.11 Å². The van der Waals surface area contributed by atoms with E-state index in [1.165, 1.54) is 18.2 Å². The van der Waals surface area contributed by atoms with Crippen molar-refractivity contribution in [2.75, 3.05) is 7.11 Å². The standard InChI is InChI=1S/C9H6F5NS.CH4O/c10-16(11,12,13,14)8-5-1-3-7-4-2-6-15-9(7)8;1-2/h1-6H;2H,1H3. The van der Waals surface area contributed by atoms with Crippen LogP contribution >= 0.6 is 10.2 Å². The number of aromatic nitrogens is 1. The van der Waals surface area contributed by atoms with Crippen molar-refractivity contribution in [1.82, 2.24) is 4.98 Å². The van der Waals surface area contributed by atoms with Gasteiger partial charge in [0.15, 0.2) is 0 Å². The van der Waals surface area contributed by atoms with E-state index in [2.05, 4.69) is 4.98 Å². The molecule has 0 saturated heterocycles. The van der Waals surface area contributed by atoms with Crippen LogP contribution < -0.4 is 0 Å². The lowest BCUT2D eigenvalue weighted by Crippen LogP contribution is -2.07. The lowest BCUT2D eigenvalue weighted by Gasteiger charge is -2.40. The number of aliphatic hydroxyl groups is 1. The molecule has 18 heavy (non-hydrogen) atoms. The summed E-state index contributed by atoms with van der Waals surface area (Å²) in [4.78, 5) is 1.44. The van der Waals surface area contributed by atoms with E-state index in [1.54, 1.807) is 0 Å². The van der Waals surface area contributed by atoms with Crippen molar-refractivity contribution in [2.45, 2.75) is 4.90 Å². The highest BCUT2D eigenvalue weighted by atomic mass is 32.5. The Hall–Kier alpha value is -1.41. The minimum Gasteiger partial charge on any atom is -0.400 e. The van der Waals surface area contributed by atoms with Gasteiger partial charge in [0, 0.05) is 18.7 Å². The monoisotopic (exact) mass is 287 g/mol. The summed E-state index contributed by atoms with van der Waals surface area (Å²) >= 11 is 0. The molecular weight excluding hydrogens is 277 g/mol. The number of aliphatic hydroxyl groups excluding tert-OH is 1. The van der Waals surface area contributed by atoms with Gasteiger partial charge in [0.25, 0.3) is 0 Å². The van der Waals surface area contributed by atoms with E-state index in [0.29, 0.717) is 6.07 Å². The molecule has 2 aromatic rings. The fraction of sp³-hybridized carbons (Fsp3) is 0.100. The summed E-state index contributed by atoms with van der Waals surface area (Å²) in [5, 5.41) is 7.04. The van der Waals surface area contributed by atoms with Crippen LogP contribution in [0.1, 0.15) is 0 Å². The molecular formula is C10H10F5NOS. The van der Waals surface area contributed by atoms with E-state index >= 15 is 0 Å². The zero-order valence-corrected chi connectivity index (χ0v) is 9.97. The number of nitrogens with zero attached hydrogens (tertiary/aromatic N) is 1. The molecule has 0 aliphatic rings. The summed E-state index contributed by atoms with van der Waals surface area (Å²) in [5.41, 5.74) is -0.718. The second-order valence-corrected chi connectivity index (χ2v) is 5.68. The topological polar surface area (TPSA) is 33.1 Å². The Morgan fingerprint density at radius 3 is 2.06 bits per heavy atom. The van der Waals surface area contributed by atoms with E-state index in [0.717, 1.165) is 19.4 Å². The van der Waals surface area contributed by atoms with Crippen LogP contribution in [-0.2, 0) is 0 Å². The second kappa shape index (κ2) is 3.79. The van der Waals surface area contributed by atoms with Gasteiger partial charge in [-0.15, -0.1) is 0 Å². The number of halogens is 5. The highest BCUT2D eigenvalue weighted by molar-refractivity contribution is 8.46. The average Bonchev–Trinajstić information content (AvgIpc) is 2.28. The predicted octanol–water partition coefficient (Wildman–Crippen LogP) is 4.50. The minimum absolute atomic E-state index is 0.0354. The zero-order valence-electron chi connectivity index (χ0n) is 9.16. The van der Waals surface area contributed by atoms with Crippen molar-refractivity contribution < 1.29 is 24.5 Å². The molecule has 0 radical (unpaired) electrons. The predicted molar refractivity (Wildman–Crippen MR) is 61.3 cm³/mol. The third-order valence-electron chi connectivity index (χ3n) is 2.01. The van der Waals surface area contributed by atoms with Crippen molar-refractivity contribution >= 4 is 21.1 Å². The molecule has 1 N–H and O–H groups in total. The molecule has 2 nitrogen and oxygen atoms in total. The Morgan fingerprint density at radius 1 is 0.944 bits per heavy atom. The van der Waals surface area contributed by atoms with Crippen molar-refractivity contribution in [1.29, 1.82) is 0 Å². The van der Waals surface area contributed by atoms with Crippen LogP contribution in [0, 0.1) is 0 Å². The Kier molecular flexibility index (Phi) is 3.08. The highest BCUT2D eigenvalue weighted by Gasteiger charge is 2.66. The summed E-state index contributed by atoms with van der Waals surface area (Å²) in [6, 6.07) is 5.29. The van der Waals surface area contributed by atoms with Crippen LogP contribution in [0.3, 0.4) is 0 Å². The molecule has 8 heteroatoms. The van der Waals surface area contributed by atoms with Crippen molar-refractivity contribution in [3.8, 4) is 0 Å². The maximum atomic E-state index is 12.6. The van der Waals surface area contributed by atoms with Gasteiger partial charge in [-0.05, 0) is 12.1 Å². The fourth-order valence-corrected chi connectivity index (χ4v) is 2.26. The molecule has 0 amide bonds. The second-order valence-electron chi connectivity index (χ2n) is 3.30. The Morgan fingerprint density at radius 2 is 1.50 bits per heavy atom. The van der Waals surface area contributed by atoms with E-state index in [9.17, 15) is 19.4 Å². The molecule has 2 rings (SSSR count). The first-order valence-electron chi connectivity index (χ1n) is 4.60. The first-order chi connectivity index (χ1) is 8.08. The summed E-state index contributed by atoms with van der Waals surface area (Å²) in [6.07, 6.45) is 1.05. The summed E-state index contributed by atoms with van der Waals surface area (Å²) in [6.45, 7) is 0. The van der Waals surface area contributed by atoms with E-state index in [1.807, 2.05) is 0 Å². The molecule has 0 saturated carbocycles. The van der Waals surface area contributed by atoms with Crippen LogP contribution in [0.15, 0.2) is 41.4 Å². The number of rotatable bonds is 1. The lowest BCUT2D eigenvalue weighted by molar-refractivity contribution is 0.365. The molecule has 1 aromatic carbocycles. The Bertz CT molecular complexity index is 564. The maximum absolute atomic E-state index is 12.6. The Labute approximate surface area is 99.8 Å². The molecule has 0 aliphatic carbocycles. The van der Waals surface area contributed by atoms with Crippen molar-refractivity contribution in [2.24, 2.45) is 0 Å². The minimum atomic E-state index is -9.67. The van der Waals surface area contributed by atoms with Crippen LogP contribution in [0.5, 0.6) is 0 Å². The lowest BCUT2D eigenvalue weighted by atomic mass is 10.2. The largest absolute Gasteiger partial charge is 0.400 e. The zero-order chi connectivity index (χ0) is 14.1. The van der Waals surface area contributed by atoms with Gasteiger partial charge in [-0.2, -0.15) is 0 Å². The quantitative estimate of drug-likeness (QED) is 0.783. The maximum Gasteiger partial charge on any atom is 0.312 e. The molecule has 1 aromatic heterocycles. The molecule has 0 atom stereocenters. The van der Waals surface area contributed by atoms with Gasteiger partial charge in [0.1, 0.15) is 4.90 Å². The van der Waals surface area contributed by atoms with Gasteiger partial charge >= 0.3 is 10.2 Å². The normalized spacial score (nSPS) is 15.3. The van der Waals surface area contributed by atoms with Gasteiger partial charge in [-0.25, -0.2) is 0 Å². The van der Waals surface area contributed by atoms with Gasteiger partial charge in [0.05, 0.1) is 5.52 Å². The number of fused-ring (bicyclic) bond motifs is 1. The van der Waals surface area contributed by atoms with E-state index in [4.69, 9.17) is 5.11 Å². The van der Waals surface area contributed by atoms with Crippen molar-refractivity contribution in [3.05, 3.63) is 36.5 Å². The van der Waals surface area contributed by atoms with Crippen LogP contribution in [0.2, 0.25) is 0 Å². The number of pyridine rings is 1. The third kappa shape index (κ3) is 3.08. The average molecular weight is 287 g/mol. The van der Waals surface area contributed by atoms with Gasteiger partial charge in [-0.3, -0.25) is 4.98 Å². The van der Waals surface area contributed by atoms with Crippen molar-refractivity contribution in [3.63, 3.8) is 0 Å². The van der Waals surface area contributed by atoms with Crippen LogP contribution in [0.25, 0.3) is 10.9 Å². The molecule has 0 spiro atoms. The fourth-order valence-electron chi connectivity index (χ4n) is 1.39. The van der Waals surface area contributed by atoms with Gasteiger partial charge in [0.2, 0.25) is 0 Å². The van der Waals surface area contributed by atoms with E-state index < -0.39 is 20.6 Å². The smallest absolute Gasteiger partial charge is 0.312 e. The molecule has 0 bridgehead atoms. The van der Waals surface area contributed by atoms with Gasteiger partial charge in [-0.1, -0.05) is 37.6 Å². The molecule has 0 fully saturated rings. The number of hydrogen-bond acceptors (Lipinski definition) is 2. The van der Waals surface area contributed by atoms with Crippen LogP contribution in [0.4, 0.5) is 19.4 Å². The van der Waals surface area contributed by atoms with Crippen LogP contribution in [-0.4, -0.2) is 17.2 Å². The third-order valence-corrected chi connectivity index (χ3v) is 3.17. The number of para-hydroxylation sites is 1. The molecule has 0 aliphatic heterocycles. The molecule has 1 heterocycles. The summed E-state index contributed by atoms with van der Waals surface area (Å²) in [7, 11) is -8.67. The first kappa shape index (κ1) is 14.7. The molecule has 0 unspecified atom stereocenters. The highest BCUT2D eigenvalue weighted by Crippen LogP contribution is 3.02. The number of benzene rings is 1. The SMILES string of the molecule is CO.FS(F)(F)(F)(F)c1cccc2cccnc12. The first-order valence-corrected chi connectivity index (χ1v) is 6.56. The number of hydrogen-bond donors (Lipinski definition) is 1. The Balaban J connectivity index is 0.000000771. The summed E-state index contributed by atoms with van der Waals surface area (Å²) < 4.78 is 63.2. The summed E-state index contributed by atoms with van der Waals surface area (Å²) in [5.74, 6) is 0.